The van der Waals surface area contributed by atoms with Crippen LogP contribution in [-0.4, -0.2) is 21.3 Å². The lowest BCUT2D eigenvalue weighted by Crippen LogP contribution is -1.96. The van der Waals surface area contributed by atoms with Gasteiger partial charge in [0, 0.05) is 1.37 Å². The van der Waals surface area contributed by atoms with E-state index in [9.17, 15) is 9.13 Å². The molecule has 0 aliphatic carbocycles. The summed E-state index contributed by atoms with van der Waals surface area (Å²) in [7, 11) is -10.0. The van der Waals surface area contributed by atoms with Gasteiger partial charge in [-0.25, -0.2) is 9.13 Å². The summed E-state index contributed by atoms with van der Waals surface area (Å²) in [4.78, 5) is 25.3. The van der Waals surface area contributed by atoms with Crippen LogP contribution in [0.3, 0.4) is 0 Å². The molecule has 3 N–H and O–H groups in total. The van der Waals surface area contributed by atoms with Crippen LogP contribution in [0.2, 0.25) is 0 Å². The fourth-order valence-electron chi connectivity index (χ4n) is 0.421. The summed E-state index contributed by atoms with van der Waals surface area (Å²) < 4.78 is 42.9. The second-order valence-electron chi connectivity index (χ2n) is 2.28. The van der Waals surface area contributed by atoms with Gasteiger partial charge in [0.1, 0.15) is 0 Å². The van der Waals surface area contributed by atoms with Crippen molar-refractivity contribution in [3.05, 3.63) is 12.1 Å². The minimum Gasteiger partial charge on any atom is -0.302 e. The van der Waals surface area contributed by atoms with Crippen molar-refractivity contribution in [1.29, 1.82) is 0 Å². The molecular weight excluding hydrogens is 234 g/mol. The smallest absolute Gasteiger partial charge is 0.302 e. The van der Waals surface area contributed by atoms with Crippen molar-refractivity contribution in [2.45, 2.75) is 13.3 Å². The van der Waals surface area contributed by atoms with E-state index in [1.54, 1.807) is 0 Å². The van der Waals surface area contributed by atoms with Gasteiger partial charge >= 0.3 is 15.6 Å². The Balaban J connectivity index is 4.30. The molecule has 7 nitrogen and oxygen atoms in total. The van der Waals surface area contributed by atoms with E-state index in [2.05, 4.69) is 8.83 Å². The molecule has 0 fully saturated rings. The molecular formula is C5H12O7P2. The summed E-state index contributed by atoms with van der Waals surface area (Å²) >= 11 is 0. The van der Waals surface area contributed by atoms with Crippen LogP contribution in [0.4, 0.5) is 0 Å². The van der Waals surface area contributed by atoms with Crippen LogP contribution < -0.4 is 0 Å². The van der Waals surface area contributed by atoms with Crippen LogP contribution in [0, 0.1) is 0 Å². The van der Waals surface area contributed by atoms with Crippen molar-refractivity contribution in [1.82, 2.24) is 0 Å². The van der Waals surface area contributed by atoms with Gasteiger partial charge in [0.05, 0.1) is 7.98 Å². The van der Waals surface area contributed by atoms with Crippen molar-refractivity contribution >= 4 is 15.6 Å². The number of hydrogen-bond donors (Lipinski definition) is 3. The van der Waals surface area contributed by atoms with Crippen molar-refractivity contribution in [3.63, 3.8) is 0 Å². The third kappa shape index (κ3) is 8.59. The topological polar surface area (TPSA) is 113 Å². The zero-order valence-electron chi connectivity index (χ0n) is 9.23. The zero-order chi connectivity index (χ0) is 13.0. The Morgan fingerprint density at radius 1 is 1.57 bits per heavy atom. The molecule has 0 aliphatic rings. The van der Waals surface area contributed by atoms with E-state index in [1.165, 1.54) is 6.92 Å². The van der Waals surface area contributed by atoms with Crippen molar-refractivity contribution in [2.24, 2.45) is 0 Å². The Labute approximate surface area is 84.0 Å². The van der Waals surface area contributed by atoms with Crippen LogP contribution in [0.25, 0.3) is 0 Å². The molecule has 0 bridgehead atoms. The molecule has 0 rings (SSSR count). The quantitative estimate of drug-likeness (QED) is 0.477. The minimum atomic E-state index is -5.13. The van der Waals surface area contributed by atoms with Crippen LogP contribution in [0.1, 0.15) is 16.1 Å². The summed E-state index contributed by atoms with van der Waals surface area (Å²) in [5, 5.41) is 0. The van der Waals surface area contributed by atoms with E-state index in [0.29, 0.717) is 0 Å². The maximum Gasteiger partial charge on any atom is 0.481 e. The van der Waals surface area contributed by atoms with Crippen molar-refractivity contribution in [3.8, 4) is 0 Å². The average Bonchev–Trinajstić information content (AvgIpc) is 2.09. The molecule has 1 unspecified atom stereocenters. The fourth-order valence-corrected chi connectivity index (χ4v) is 1.95. The second kappa shape index (κ2) is 5.19. The first-order chi connectivity index (χ1) is 7.07. The minimum absolute atomic E-state index is 0.260. The average molecular weight is 248 g/mol. The molecule has 0 aromatic rings. The van der Waals surface area contributed by atoms with Gasteiger partial charge < -0.3 is 14.7 Å². The van der Waals surface area contributed by atoms with E-state index in [4.69, 9.17) is 17.4 Å². The molecule has 14 heavy (non-hydrogen) atoms. The summed E-state index contributed by atoms with van der Waals surface area (Å²) in [5.41, 5.74) is 0.260. The van der Waals surface area contributed by atoms with Gasteiger partial charge in [-0.05, 0) is 13.3 Å². The maximum absolute atomic E-state index is 10.9. The van der Waals surface area contributed by atoms with Crippen LogP contribution >= 0.6 is 15.6 Å². The highest BCUT2D eigenvalue weighted by molar-refractivity contribution is 7.60. The van der Waals surface area contributed by atoms with E-state index < -0.39 is 28.6 Å². The molecule has 0 saturated carbocycles. The maximum atomic E-state index is 10.9. The number of hydrogen-bond acceptors (Lipinski definition) is 4. The Morgan fingerprint density at radius 3 is 2.57 bits per heavy atom. The fraction of sp³-hybridized carbons (Fsp3) is 0.600. The summed E-state index contributed by atoms with van der Waals surface area (Å²) in [6.45, 7) is 1.68. The predicted molar refractivity (Wildman–Crippen MR) is 48.3 cm³/mol. The lowest BCUT2D eigenvalue weighted by molar-refractivity contribution is 0.180. The molecule has 0 aliphatic heterocycles. The lowest BCUT2D eigenvalue weighted by Gasteiger charge is -2.11. The normalized spacial score (nSPS) is 22.1. The first-order valence-electron chi connectivity index (χ1n) is 4.44. The van der Waals surface area contributed by atoms with Gasteiger partial charge in [-0.1, -0.05) is 5.57 Å². The molecule has 0 aromatic heterocycles. The van der Waals surface area contributed by atoms with Gasteiger partial charge in [-0.15, -0.1) is 6.55 Å². The Hall–Kier alpha value is -0.0000000000000000416. The summed E-state index contributed by atoms with van der Waals surface area (Å²) in [6.07, 6.45) is -1.08. The van der Waals surface area contributed by atoms with Gasteiger partial charge in [0.2, 0.25) is 0 Å². The molecule has 0 heterocycles. The van der Waals surface area contributed by atoms with Crippen molar-refractivity contribution in [2.75, 3.05) is 6.61 Å². The first kappa shape index (κ1) is 10.5. The zero-order valence-corrected chi connectivity index (χ0v) is 9.02. The predicted octanol–water partition coefficient (Wildman–Crippen LogP) is 1.18. The molecule has 0 saturated heterocycles. The van der Waals surface area contributed by atoms with Gasteiger partial charge in [0.15, 0.2) is 0 Å². The molecule has 0 amide bonds. The monoisotopic (exact) mass is 248 g/mol. The van der Waals surface area contributed by atoms with E-state index in [1.807, 2.05) is 0 Å². The molecule has 9 heteroatoms. The molecule has 0 aromatic carbocycles. The van der Waals surface area contributed by atoms with Gasteiger partial charge in [-0.2, -0.15) is 4.31 Å². The standard InChI is InChI=1S/C5H12O7P2/c1-5(2)3-4-11-14(9,10)12-13(6,7)8/h1,3-4H2,2H3,(H,9,10)(H2,6,7,8)/i1D,3D/t3-/m1/s1. The Bertz CT molecular complexity index is 351. The summed E-state index contributed by atoms with van der Waals surface area (Å²) in [5.74, 6) is 0. The Morgan fingerprint density at radius 2 is 2.14 bits per heavy atom. The van der Waals surface area contributed by atoms with Crippen molar-refractivity contribution < 1.29 is 35.4 Å². The van der Waals surface area contributed by atoms with Gasteiger partial charge in [-0.3, -0.25) is 4.52 Å². The highest BCUT2D eigenvalue weighted by atomic mass is 31.3. The van der Waals surface area contributed by atoms with Crippen LogP contribution in [-0.2, 0) is 18.0 Å². The highest BCUT2D eigenvalue weighted by Gasteiger charge is 2.31. The second-order valence-corrected chi connectivity index (χ2v) is 5.11. The molecule has 0 spiro atoms. The largest absolute Gasteiger partial charge is 0.481 e. The number of phosphoric ester groups is 1. The van der Waals surface area contributed by atoms with Crippen LogP contribution in [0.15, 0.2) is 12.1 Å². The summed E-state index contributed by atoms with van der Waals surface area (Å²) in [6, 6.07) is 0. The third-order valence-electron chi connectivity index (χ3n) is 0.853. The molecule has 84 valence electrons. The third-order valence-corrected chi connectivity index (χ3v) is 3.00. The lowest BCUT2D eigenvalue weighted by atomic mass is 10.3. The Kier molecular flexibility index (Phi) is 3.89. The van der Waals surface area contributed by atoms with E-state index in [-0.39, 0.29) is 5.57 Å². The van der Waals surface area contributed by atoms with E-state index in [0.717, 1.165) is 6.55 Å². The molecule has 0 radical (unpaired) electrons. The van der Waals surface area contributed by atoms with Crippen LogP contribution in [0.5, 0.6) is 0 Å². The number of phosphoric acid groups is 2. The van der Waals surface area contributed by atoms with E-state index >= 15 is 0 Å². The number of rotatable bonds is 6. The molecule has 2 atom stereocenters. The SMILES string of the molecule is [2H]C=C(C)[C@H]([2H])COP(=O)(O)OP(=O)(O)O. The first-order valence-corrected chi connectivity index (χ1v) is 6.31. The van der Waals surface area contributed by atoms with Gasteiger partial charge in [0.25, 0.3) is 0 Å². The highest BCUT2D eigenvalue weighted by Crippen LogP contribution is 2.57.